The maximum Gasteiger partial charge on any atom is 0.116 e. The van der Waals surface area contributed by atoms with Gasteiger partial charge in [-0.1, -0.05) is 115 Å². The number of hydrogen-bond donors (Lipinski definition) is 0. The number of carbonyl (C=O) groups excluding carboxylic acids is 1. The molecule has 1 saturated carbocycles. The van der Waals surface area contributed by atoms with Gasteiger partial charge in [0.05, 0.1) is 0 Å². The van der Waals surface area contributed by atoms with Gasteiger partial charge in [-0.15, -0.1) is 0 Å². The van der Waals surface area contributed by atoms with Gasteiger partial charge in [0.25, 0.3) is 0 Å². The van der Waals surface area contributed by atoms with E-state index in [4.69, 9.17) is 4.79 Å². The monoisotopic (exact) mass is 465 g/mol. The number of hydrogen-bond acceptors (Lipinski definition) is 2. The Morgan fingerprint density at radius 2 is 1.79 bits per heavy atom. The molecule has 0 N–H and O–H groups in total. The number of carbonyl (C=O) groups is 1. The predicted molar refractivity (Wildman–Crippen MR) is 152 cm³/mol. The molecule has 0 saturated heterocycles. The average molecular weight is 466 g/mol. The molecule has 0 spiro atoms. The first kappa shape index (κ1) is 31.8. The Labute approximate surface area is 211 Å². The fourth-order valence-corrected chi connectivity index (χ4v) is 4.64. The predicted octanol–water partition coefficient (Wildman–Crippen LogP) is 9.86. The van der Waals surface area contributed by atoms with Gasteiger partial charge >= 0.3 is 0 Å². The van der Waals surface area contributed by atoms with Crippen LogP contribution >= 0.6 is 0 Å². The lowest BCUT2D eigenvalue weighted by Gasteiger charge is -2.18. The third kappa shape index (κ3) is 12.9. The largest absolute Gasteiger partial charge is 0.304 e. The van der Waals surface area contributed by atoms with Crippen LogP contribution in [-0.4, -0.2) is 11.3 Å². The zero-order valence-electron chi connectivity index (χ0n) is 23.0. The number of rotatable bonds is 12. The van der Waals surface area contributed by atoms with Crippen LogP contribution < -0.4 is 0 Å². The number of unbranched alkanes of at least 4 members (excludes halogenated alkanes) is 4. The van der Waals surface area contributed by atoms with E-state index in [1.54, 1.807) is 0 Å². The zero-order chi connectivity index (χ0) is 25.6. The summed E-state index contributed by atoms with van der Waals surface area (Å²) in [4.78, 5) is 13.3. The second-order valence-corrected chi connectivity index (χ2v) is 8.84. The number of nitrogens with zero attached hydrogens (tertiary/aromatic N) is 1. The van der Waals surface area contributed by atoms with E-state index in [0.29, 0.717) is 0 Å². The highest BCUT2D eigenvalue weighted by molar-refractivity contribution is 5.82. The van der Waals surface area contributed by atoms with Gasteiger partial charge in [0.1, 0.15) is 6.29 Å². The van der Waals surface area contributed by atoms with Crippen molar-refractivity contribution in [2.45, 2.75) is 106 Å². The molecule has 1 fully saturated rings. The van der Waals surface area contributed by atoms with E-state index in [9.17, 15) is 0 Å². The molecule has 0 aliphatic heterocycles. The van der Waals surface area contributed by atoms with Gasteiger partial charge in [0.15, 0.2) is 0 Å². The Morgan fingerprint density at radius 1 is 1.15 bits per heavy atom. The molecule has 0 radical (unpaired) electrons. The van der Waals surface area contributed by atoms with Gasteiger partial charge in [-0.25, -0.2) is 0 Å². The van der Waals surface area contributed by atoms with Crippen molar-refractivity contribution in [3.63, 3.8) is 0 Å². The van der Waals surface area contributed by atoms with E-state index in [1.807, 2.05) is 38.3 Å². The summed E-state index contributed by atoms with van der Waals surface area (Å²) in [6.07, 6.45) is 27.0. The summed E-state index contributed by atoms with van der Waals surface area (Å²) in [7, 11) is 0. The van der Waals surface area contributed by atoms with E-state index >= 15 is 0 Å². The topological polar surface area (TPSA) is 30.0 Å². The smallest absolute Gasteiger partial charge is 0.116 e. The Kier molecular flexibility index (Phi) is 19.9. The molecule has 1 aromatic rings. The van der Waals surface area contributed by atoms with E-state index in [1.165, 1.54) is 81.4 Å². The van der Waals surface area contributed by atoms with Crippen LogP contribution in [0.4, 0.5) is 0 Å². The third-order valence-electron chi connectivity index (χ3n) is 6.50. The van der Waals surface area contributed by atoms with Crippen LogP contribution in [0.15, 0.2) is 60.9 Å². The minimum absolute atomic E-state index is 0.750. The second kappa shape index (κ2) is 21.3. The van der Waals surface area contributed by atoms with Crippen LogP contribution in [0, 0.1) is 18.8 Å². The normalized spacial score (nSPS) is 15.2. The maximum absolute atomic E-state index is 8.81. The lowest BCUT2D eigenvalue weighted by molar-refractivity contribution is -0.106. The van der Waals surface area contributed by atoms with E-state index in [0.717, 1.165) is 30.2 Å². The number of aryl methyl sites for hydroxylation is 1. The van der Waals surface area contributed by atoms with E-state index in [2.05, 4.69) is 56.6 Å². The minimum atomic E-state index is 0.750. The lowest BCUT2D eigenvalue weighted by atomic mass is 9.88. The molecule has 34 heavy (non-hydrogen) atoms. The van der Waals surface area contributed by atoms with Crippen LogP contribution in [0.1, 0.15) is 110 Å². The molecule has 190 valence electrons. The molecule has 2 heteroatoms. The molecule has 0 aromatic carbocycles. The quantitative estimate of drug-likeness (QED) is 0.175. The highest BCUT2D eigenvalue weighted by Crippen LogP contribution is 2.33. The summed E-state index contributed by atoms with van der Waals surface area (Å²) >= 11 is 0. The van der Waals surface area contributed by atoms with Crippen LogP contribution in [0.2, 0.25) is 0 Å². The summed E-state index contributed by atoms with van der Waals surface area (Å²) in [5.74, 6) is 1.96. The van der Waals surface area contributed by atoms with Gasteiger partial charge in [-0.05, 0) is 62.7 Å². The Balaban J connectivity index is 0.00000201. The summed E-state index contributed by atoms with van der Waals surface area (Å²) in [5, 5.41) is 0. The van der Waals surface area contributed by atoms with Gasteiger partial charge in [-0.3, -0.25) is 4.98 Å². The first-order chi connectivity index (χ1) is 16.6. The summed E-state index contributed by atoms with van der Waals surface area (Å²) in [6.45, 7) is 15.9. The highest BCUT2D eigenvalue weighted by Gasteiger charge is 2.20. The first-order valence-electron chi connectivity index (χ1n) is 13.6. The second-order valence-electron chi connectivity index (χ2n) is 8.84. The van der Waals surface area contributed by atoms with Crippen molar-refractivity contribution in [1.29, 1.82) is 0 Å². The molecule has 1 aromatic heterocycles. The van der Waals surface area contributed by atoms with Crippen molar-refractivity contribution in [2.75, 3.05) is 0 Å². The van der Waals surface area contributed by atoms with E-state index < -0.39 is 0 Å². The molecule has 1 aliphatic carbocycles. The number of pyridine rings is 1. The molecular formula is C32H51NO. The molecular weight excluding hydrogens is 414 g/mol. The third-order valence-corrected chi connectivity index (χ3v) is 6.50. The standard InChI is InChI=1S/C28H41N.C2H4O.C2H6/c1-5-7-17-25(6-2)28(27-21-15-22-29-24(27)4)20-12-10-8-9-11-16-23(3)26-18-13-14-19-26;1-2-3;1-2/h5-7,15,17,20-23,26H,1,8-14,16,18-19H2,2-4H3;2H,1H3;1-2H3/b17-7-,25-6+,28-20-;;. The molecule has 2 nitrogen and oxygen atoms in total. The Bertz CT molecular complexity index is 750. The van der Waals surface area contributed by atoms with Gasteiger partial charge in [0, 0.05) is 17.5 Å². The fourth-order valence-electron chi connectivity index (χ4n) is 4.64. The van der Waals surface area contributed by atoms with Crippen LogP contribution in [0.5, 0.6) is 0 Å². The minimum Gasteiger partial charge on any atom is -0.304 e. The summed E-state index contributed by atoms with van der Waals surface area (Å²) in [5.41, 5.74) is 4.86. The molecule has 1 aliphatic rings. The SMILES string of the molecule is C=C\C=C/C(=C\C)C(=C/CCCCCCC(C)C1CCCC1)/c1cccnc1C.CC.CC=O. The Hall–Kier alpha value is -2.22. The summed E-state index contributed by atoms with van der Waals surface area (Å²) in [6, 6.07) is 4.22. The molecule has 0 amide bonds. The molecule has 1 unspecified atom stereocenters. The number of allylic oxidation sites excluding steroid dienone is 7. The zero-order valence-corrected chi connectivity index (χ0v) is 23.0. The van der Waals surface area contributed by atoms with Crippen molar-refractivity contribution < 1.29 is 4.79 Å². The van der Waals surface area contributed by atoms with Gasteiger partial charge in [0.2, 0.25) is 0 Å². The van der Waals surface area contributed by atoms with Crippen molar-refractivity contribution in [2.24, 2.45) is 11.8 Å². The lowest BCUT2D eigenvalue weighted by Crippen LogP contribution is -2.07. The Morgan fingerprint density at radius 3 is 2.38 bits per heavy atom. The molecule has 0 bridgehead atoms. The fraction of sp³-hybridized carbons (Fsp3) is 0.562. The molecule has 1 heterocycles. The number of aromatic nitrogens is 1. The van der Waals surface area contributed by atoms with Crippen molar-refractivity contribution in [3.05, 3.63) is 72.1 Å². The van der Waals surface area contributed by atoms with Crippen LogP contribution in [0.25, 0.3) is 5.57 Å². The maximum atomic E-state index is 8.81. The highest BCUT2D eigenvalue weighted by atomic mass is 16.1. The van der Waals surface area contributed by atoms with Gasteiger partial charge in [-0.2, -0.15) is 0 Å². The van der Waals surface area contributed by atoms with Crippen LogP contribution in [0.3, 0.4) is 0 Å². The first-order valence-corrected chi connectivity index (χ1v) is 13.6. The molecule has 1 atom stereocenters. The van der Waals surface area contributed by atoms with Crippen LogP contribution in [-0.2, 0) is 4.79 Å². The van der Waals surface area contributed by atoms with Crippen molar-refractivity contribution in [3.8, 4) is 0 Å². The van der Waals surface area contributed by atoms with Gasteiger partial charge < -0.3 is 4.79 Å². The molecule has 2 rings (SSSR count). The van der Waals surface area contributed by atoms with Crippen molar-refractivity contribution >= 4 is 11.9 Å². The number of aldehydes is 1. The van der Waals surface area contributed by atoms with E-state index in [-0.39, 0.29) is 0 Å². The average Bonchev–Trinajstić information content (AvgIpc) is 3.40. The summed E-state index contributed by atoms with van der Waals surface area (Å²) < 4.78 is 0. The van der Waals surface area contributed by atoms with Crippen molar-refractivity contribution in [1.82, 2.24) is 4.98 Å².